The van der Waals surface area contributed by atoms with Crippen LogP contribution in [0.25, 0.3) is 11.0 Å². The first-order valence-corrected chi connectivity index (χ1v) is 13.9. The van der Waals surface area contributed by atoms with Crippen molar-refractivity contribution in [2.45, 2.75) is 45.6 Å². The molecule has 0 saturated carbocycles. The van der Waals surface area contributed by atoms with E-state index in [1.165, 1.54) is 0 Å². The lowest BCUT2D eigenvalue weighted by atomic mass is 10.1. The van der Waals surface area contributed by atoms with Crippen molar-refractivity contribution in [3.05, 3.63) is 78.1 Å². The minimum atomic E-state index is -0.0000715. The molecule has 0 radical (unpaired) electrons. The maximum absolute atomic E-state index is 12.4. The number of aromatic nitrogens is 2. The van der Waals surface area contributed by atoms with Crippen molar-refractivity contribution in [1.82, 2.24) is 14.9 Å². The van der Waals surface area contributed by atoms with Crippen LogP contribution in [-0.4, -0.2) is 49.4 Å². The fraction of sp³-hybridized carbons (Fsp3) is 0.375. The monoisotopic (exact) mass is 545 g/mol. The highest BCUT2D eigenvalue weighted by Crippen LogP contribution is 2.28. The maximum atomic E-state index is 12.4. The number of carbonyl (C=O) groups excluding carboxylic acids is 1. The number of nitrogens with zero attached hydrogens (tertiary/aromatic N) is 2. The molecule has 0 spiro atoms. The van der Waals surface area contributed by atoms with Crippen molar-refractivity contribution in [2.24, 2.45) is 0 Å². The molecule has 8 nitrogen and oxygen atoms in total. The van der Waals surface area contributed by atoms with E-state index in [4.69, 9.17) is 23.9 Å². The molecule has 0 bridgehead atoms. The zero-order valence-corrected chi connectivity index (χ0v) is 23.7. The molecule has 1 aromatic heterocycles. The number of hydrogen-bond acceptors (Lipinski definition) is 6. The summed E-state index contributed by atoms with van der Waals surface area (Å²) >= 11 is 0. The van der Waals surface area contributed by atoms with Crippen molar-refractivity contribution < 1.29 is 23.7 Å². The van der Waals surface area contributed by atoms with Crippen molar-refractivity contribution in [2.75, 3.05) is 34.0 Å². The van der Waals surface area contributed by atoms with Gasteiger partial charge in [-0.15, -0.1) is 0 Å². The molecule has 0 unspecified atom stereocenters. The summed E-state index contributed by atoms with van der Waals surface area (Å²) < 4.78 is 24.6. The van der Waals surface area contributed by atoms with Crippen LogP contribution < -0.4 is 24.3 Å². The highest BCUT2D eigenvalue weighted by atomic mass is 16.5. The van der Waals surface area contributed by atoms with Crippen molar-refractivity contribution in [3.8, 4) is 23.0 Å². The molecular formula is C32H39N3O5. The Hall–Kier alpha value is -4.20. The number of benzene rings is 3. The molecule has 1 N–H and O–H groups in total. The third-order valence-corrected chi connectivity index (χ3v) is 6.67. The summed E-state index contributed by atoms with van der Waals surface area (Å²) in [6.45, 7) is 4.43. The van der Waals surface area contributed by atoms with E-state index in [1.54, 1.807) is 14.2 Å². The molecule has 0 saturated heterocycles. The van der Waals surface area contributed by atoms with Gasteiger partial charge in [0, 0.05) is 13.0 Å². The first-order chi connectivity index (χ1) is 19.6. The Morgan fingerprint density at radius 3 is 2.38 bits per heavy atom. The SMILES string of the molecule is CCOc1ccccc1OCCn1c(CCCCCNC(=O)Cc2ccc(OC)c(OC)c2)nc2ccccc21. The van der Waals surface area contributed by atoms with Crippen molar-refractivity contribution in [3.63, 3.8) is 0 Å². The van der Waals surface area contributed by atoms with Crippen LogP contribution >= 0.6 is 0 Å². The number of amides is 1. The predicted molar refractivity (Wildman–Crippen MR) is 157 cm³/mol. The van der Waals surface area contributed by atoms with Gasteiger partial charge in [0.25, 0.3) is 0 Å². The van der Waals surface area contributed by atoms with Gasteiger partial charge in [-0.3, -0.25) is 4.79 Å². The second-order valence-corrected chi connectivity index (χ2v) is 9.42. The van der Waals surface area contributed by atoms with Crippen LogP contribution in [0.4, 0.5) is 0 Å². The van der Waals surface area contributed by atoms with E-state index in [-0.39, 0.29) is 5.91 Å². The smallest absolute Gasteiger partial charge is 0.224 e. The molecule has 4 aromatic rings. The van der Waals surface area contributed by atoms with E-state index in [9.17, 15) is 4.79 Å². The Morgan fingerprint density at radius 2 is 1.60 bits per heavy atom. The molecule has 1 amide bonds. The lowest BCUT2D eigenvalue weighted by molar-refractivity contribution is -0.120. The zero-order valence-electron chi connectivity index (χ0n) is 23.7. The number of rotatable bonds is 16. The number of fused-ring (bicyclic) bond motifs is 1. The number of ether oxygens (including phenoxy) is 4. The van der Waals surface area contributed by atoms with Crippen LogP contribution in [0, 0.1) is 0 Å². The average Bonchev–Trinajstić information content (AvgIpc) is 3.33. The molecular weight excluding hydrogens is 506 g/mol. The van der Waals surface area contributed by atoms with Gasteiger partial charge in [-0.25, -0.2) is 4.98 Å². The predicted octanol–water partition coefficient (Wildman–Crippen LogP) is 5.60. The number of imidazole rings is 1. The lowest BCUT2D eigenvalue weighted by Crippen LogP contribution is -2.26. The Kier molecular flexibility index (Phi) is 10.7. The normalized spacial score (nSPS) is 10.9. The van der Waals surface area contributed by atoms with Crippen LogP contribution in [0.5, 0.6) is 23.0 Å². The second-order valence-electron chi connectivity index (χ2n) is 9.42. The lowest BCUT2D eigenvalue weighted by Gasteiger charge is -2.13. The summed E-state index contributed by atoms with van der Waals surface area (Å²) in [4.78, 5) is 17.3. The van der Waals surface area contributed by atoms with Gasteiger partial charge in [0.1, 0.15) is 12.4 Å². The quantitative estimate of drug-likeness (QED) is 0.185. The molecule has 3 aromatic carbocycles. The number of para-hydroxylation sites is 4. The van der Waals surface area contributed by atoms with Gasteiger partial charge >= 0.3 is 0 Å². The highest BCUT2D eigenvalue weighted by molar-refractivity contribution is 5.78. The van der Waals surface area contributed by atoms with Crippen LogP contribution in [0.2, 0.25) is 0 Å². The van der Waals surface area contributed by atoms with Gasteiger partial charge < -0.3 is 28.8 Å². The topological polar surface area (TPSA) is 83.8 Å². The summed E-state index contributed by atoms with van der Waals surface area (Å²) in [5.74, 6) is 3.85. The Bertz CT molecular complexity index is 1380. The number of carbonyl (C=O) groups is 1. The largest absolute Gasteiger partial charge is 0.493 e. The summed E-state index contributed by atoms with van der Waals surface area (Å²) in [5, 5.41) is 3.03. The first-order valence-electron chi connectivity index (χ1n) is 13.9. The van der Waals surface area contributed by atoms with Crippen LogP contribution in [0.15, 0.2) is 66.7 Å². The van der Waals surface area contributed by atoms with Gasteiger partial charge in [0.15, 0.2) is 23.0 Å². The standard InChI is InChI=1S/C32H39N3O5/c1-4-39-28-14-9-10-15-29(28)40-21-20-35-26-13-8-7-12-25(26)34-31(35)16-6-5-11-19-33-32(36)23-24-17-18-27(37-2)30(22-24)38-3/h7-10,12-15,17-18,22H,4-6,11,16,19-21,23H2,1-3H3,(H,33,36). The van der Waals surface area contributed by atoms with E-state index < -0.39 is 0 Å². The Labute approximate surface area is 236 Å². The minimum absolute atomic E-state index is 0.0000715. The summed E-state index contributed by atoms with van der Waals surface area (Å²) in [7, 11) is 3.19. The van der Waals surface area contributed by atoms with E-state index in [2.05, 4.69) is 22.0 Å². The van der Waals surface area contributed by atoms with E-state index in [0.29, 0.717) is 44.2 Å². The third-order valence-electron chi connectivity index (χ3n) is 6.67. The molecule has 0 aliphatic rings. The fourth-order valence-corrected chi connectivity index (χ4v) is 4.71. The molecule has 0 fully saturated rings. The third kappa shape index (κ3) is 7.68. The Balaban J connectivity index is 1.24. The number of nitrogens with one attached hydrogen (secondary N) is 1. The second kappa shape index (κ2) is 14.8. The number of unbranched alkanes of at least 4 members (excludes halogenated alkanes) is 2. The van der Waals surface area contributed by atoms with Gasteiger partial charge in [-0.1, -0.05) is 36.8 Å². The molecule has 40 heavy (non-hydrogen) atoms. The number of methoxy groups -OCH3 is 2. The summed E-state index contributed by atoms with van der Waals surface area (Å²) in [6.07, 6.45) is 4.07. The Morgan fingerprint density at radius 1 is 0.850 bits per heavy atom. The molecule has 0 atom stereocenters. The molecule has 1 heterocycles. The van der Waals surface area contributed by atoms with Gasteiger partial charge in [0.2, 0.25) is 5.91 Å². The van der Waals surface area contributed by atoms with Crippen molar-refractivity contribution >= 4 is 16.9 Å². The molecule has 212 valence electrons. The highest BCUT2D eigenvalue weighted by Gasteiger charge is 2.12. The van der Waals surface area contributed by atoms with E-state index in [0.717, 1.165) is 59.6 Å². The van der Waals surface area contributed by atoms with E-state index >= 15 is 0 Å². The minimum Gasteiger partial charge on any atom is -0.493 e. The molecule has 0 aliphatic carbocycles. The van der Waals surface area contributed by atoms with Gasteiger partial charge in [-0.2, -0.15) is 0 Å². The molecule has 8 heteroatoms. The van der Waals surface area contributed by atoms with E-state index in [1.807, 2.05) is 61.5 Å². The molecule has 0 aliphatic heterocycles. The summed E-state index contributed by atoms with van der Waals surface area (Å²) in [5.41, 5.74) is 3.00. The number of aryl methyl sites for hydroxylation is 1. The van der Waals surface area contributed by atoms with Gasteiger partial charge in [-0.05, 0) is 61.7 Å². The van der Waals surface area contributed by atoms with Crippen LogP contribution in [0.3, 0.4) is 0 Å². The zero-order chi connectivity index (χ0) is 28.2. The summed E-state index contributed by atoms with van der Waals surface area (Å²) in [6, 6.07) is 21.5. The first kappa shape index (κ1) is 28.8. The molecule has 4 rings (SSSR count). The average molecular weight is 546 g/mol. The maximum Gasteiger partial charge on any atom is 0.224 e. The van der Waals surface area contributed by atoms with Crippen LogP contribution in [0.1, 0.15) is 37.6 Å². The fourth-order valence-electron chi connectivity index (χ4n) is 4.71. The number of hydrogen-bond donors (Lipinski definition) is 1. The van der Waals surface area contributed by atoms with Gasteiger partial charge in [0.05, 0.1) is 44.8 Å². The van der Waals surface area contributed by atoms with Crippen LogP contribution in [-0.2, 0) is 24.2 Å². The van der Waals surface area contributed by atoms with Crippen molar-refractivity contribution in [1.29, 1.82) is 0 Å².